The maximum Gasteiger partial charge on any atom is 0.243 e. The molecule has 2 amide bonds. The lowest BCUT2D eigenvalue weighted by atomic mass is 9.72. The van der Waals surface area contributed by atoms with Gasteiger partial charge in [0, 0.05) is 31.0 Å². The Hall–Kier alpha value is -1.10. The zero-order valence-corrected chi connectivity index (χ0v) is 11.8. The van der Waals surface area contributed by atoms with Crippen molar-refractivity contribution >= 4 is 11.8 Å². The van der Waals surface area contributed by atoms with Crippen LogP contribution >= 0.6 is 0 Å². The highest BCUT2D eigenvalue weighted by Crippen LogP contribution is 2.39. The van der Waals surface area contributed by atoms with Crippen molar-refractivity contribution in [3.63, 3.8) is 0 Å². The van der Waals surface area contributed by atoms with E-state index in [-0.39, 0.29) is 23.9 Å². The second kappa shape index (κ2) is 4.72. The van der Waals surface area contributed by atoms with Gasteiger partial charge in [-0.2, -0.15) is 0 Å². The molecule has 1 aliphatic carbocycles. The van der Waals surface area contributed by atoms with Crippen molar-refractivity contribution in [2.24, 2.45) is 11.8 Å². The lowest BCUT2D eigenvalue weighted by Gasteiger charge is -2.53. The van der Waals surface area contributed by atoms with Crippen molar-refractivity contribution < 1.29 is 9.59 Å². The first kappa shape index (κ1) is 12.6. The monoisotopic (exact) mass is 277 g/mol. The zero-order chi connectivity index (χ0) is 13.7. The maximum absolute atomic E-state index is 12.6. The SMILES string of the molecule is O=C(NC1CC1)[C@H]1[C@@H]2CNC[C@@H](C2)[C@@H]2CCCC(=O)N21. The topological polar surface area (TPSA) is 61.4 Å². The van der Waals surface area contributed by atoms with Crippen LogP contribution < -0.4 is 10.6 Å². The van der Waals surface area contributed by atoms with Gasteiger partial charge in [-0.05, 0) is 44.6 Å². The molecule has 0 radical (unpaired) electrons. The molecule has 0 unspecified atom stereocenters. The molecule has 4 rings (SSSR count). The molecule has 0 aromatic carbocycles. The Labute approximate surface area is 119 Å². The quantitative estimate of drug-likeness (QED) is 0.761. The third kappa shape index (κ3) is 2.03. The first-order valence-corrected chi connectivity index (χ1v) is 8.06. The van der Waals surface area contributed by atoms with Gasteiger partial charge in [-0.1, -0.05) is 0 Å². The Morgan fingerprint density at radius 3 is 2.80 bits per heavy atom. The number of nitrogens with zero attached hydrogens (tertiary/aromatic N) is 1. The number of carbonyl (C=O) groups excluding carboxylic acids is 2. The smallest absolute Gasteiger partial charge is 0.243 e. The van der Waals surface area contributed by atoms with Crippen molar-refractivity contribution in [3.05, 3.63) is 0 Å². The molecule has 0 aromatic rings. The van der Waals surface area contributed by atoms with E-state index in [9.17, 15) is 9.59 Å². The van der Waals surface area contributed by atoms with Crippen molar-refractivity contribution in [1.82, 2.24) is 15.5 Å². The van der Waals surface area contributed by atoms with Crippen LogP contribution in [0.3, 0.4) is 0 Å². The molecule has 2 N–H and O–H groups in total. The number of rotatable bonds is 2. The Morgan fingerprint density at radius 2 is 2.00 bits per heavy atom. The minimum atomic E-state index is -0.225. The fourth-order valence-corrected chi connectivity index (χ4v) is 4.36. The Kier molecular flexibility index (Phi) is 2.98. The third-order valence-electron chi connectivity index (χ3n) is 5.44. The van der Waals surface area contributed by atoms with E-state index in [2.05, 4.69) is 10.6 Å². The molecule has 5 heteroatoms. The summed E-state index contributed by atoms with van der Waals surface area (Å²) in [5, 5.41) is 6.59. The van der Waals surface area contributed by atoms with E-state index in [1.165, 1.54) is 0 Å². The van der Waals surface area contributed by atoms with E-state index in [1.54, 1.807) is 0 Å². The fourth-order valence-electron chi connectivity index (χ4n) is 4.36. The molecule has 5 nitrogen and oxygen atoms in total. The van der Waals surface area contributed by atoms with Crippen LogP contribution in [0.15, 0.2) is 0 Å². The van der Waals surface area contributed by atoms with E-state index in [0.717, 1.165) is 45.2 Å². The van der Waals surface area contributed by atoms with E-state index >= 15 is 0 Å². The van der Waals surface area contributed by atoms with Crippen LogP contribution in [0, 0.1) is 11.8 Å². The highest BCUT2D eigenvalue weighted by Gasteiger charge is 2.50. The predicted molar refractivity (Wildman–Crippen MR) is 73.9 cm³/mol. The summed E-state index contributed by atoms with van der Waals surface area (Å²) in [4.78, 5) is 27.0. The third-order valence-corrected chi connectivity index (χ3v) is 5.44. The number of hydrogen-bond acceptors (Lipinski definition) is 3. The summed E-state index contributed by atoms with van der Waals surface area (Å²) in [6.45, 7) is 1.87. The second-order valence-corrected chi connectivity index (χ2v) is 6.90. The molecule has 0 aromatic heterocycles. The normalized spacial score (nSPS) is 40.2. The summed E-state index contributed by atoms with van der Waals surface area (Å²) in [6, 6.07) is 0.433. The van der Waals surface area contributed by atoms with Crippen LogP contribution in [0.2, 0.25) is 0 Å². The molecule has 110 valence electrons. The van der Waals surface area contributed by atoms with Crippen LogP contribution in [0.4, 0.5) is 0 Å². The van der Waals surface area contributed by atoms with Crippen LogP contribution in [0.1, 0.15) is 38.5 Å². The summed E-state index contributed by atoms with van der Waals surface area (Å²) < 4.78 is 0. The van der Waals surface area contributed by atoms with Crippen molar-refractivity contribution in [2.45, 2.75) is 56.7 Å². The minimum Gasteiger partial charge on any atom is -0.352 e. The molecule has 3 aliphatic heterocycles. The van der Waals surface area contributed by atoms with Gasteiger partial charge in [0.15, 0.2) is 0 Å². The molecule has 4 atom stereocenters. The van der Waals surface area contributed by atoms with Gasteiger partial charge in [-0.3, -0.25) is 9.59 Å². The Morgan fingerprint density at radius 1 is 1.20 bits per heavy atom. The summed E-state index contributed by atoms with van der Waals surface area (Å²) in [5.41, 5.74) is 0. The lowest BCUT2D eigenvalue weighted by Crippen LogP contribution is -2.68. The van der Waals surface area contributed by atoms with Crippen LogP contribution in [-0.4, -0.2) is 47.9 Å². The average Bonchev–Trinajstić information content (AvgIpc) is 3.24. The second-order valence-electron chi connectivity index (χ2n) is 6.90. The van der Waals surface area contributed by atoms with Gasteiger partial charge >= 0.3 is 0 Å². The molecular weight excluding hydrogens is 254 g/mol. The summed E-state index contributed by atoms with van der Waals surface area (Å²) in [5.74, 6) is 1.14. The number of carbonyl (C=O) groups is 2. The van der Waals surface area contributed by atoms with Gasteiger partial charge in [0.25, 0.3) is 0 Å². The first-order valence-electron chi connectivity index (χ1n) is 8.06. The van der Waals surface area contributed by atoms with Gasteiger partial charge in [0.1, 0.15) is 6.04 Å². The van der Waals surface area contributed by atoms with Gasteiger partial charge in [0.05, 0.1) is 0 Å². The number of nitrogens with one attached hydrogen (secondary N) is 2. The molecule has 4 aliphatic rings. The van der Waals surface area contributed by atoms with Gasteiger partial charge in [0.2, 0.25) is 11.8 Å². The first-order chi connectivity index (χ1) is 9.74. The zero-order valence-electron chi connectivity index (χ0n) is 11.8. The molecule has 3 heterocycles. The van der Waals surface area contributed by atoms with Gasteiger partial charge in [-0.15, -0.1) is 0 Å². The van der Waals surface area contributed by atoms with E-state index in [1.807, 2.05) is 4.90 Å². The van der Waals surface area contributed by atoms with Crippen molar-refractivity contribution in [2.75, 3.05) is 13.1 Å². The van der Waals surface area contributed by atoms with Crippen molar-refractivity contribution in [3.8, 4) is 0 Å². The fraction of sp³-hybridized carbons (Fsp3) is 0.867. The minimum absolute atomic E-state index is 0.0971. The molecule has 2 bridgehead atoms. The largest absolute Gasteiger partial charge is 0.352 e. The molecule has 0 spiro atoms. The Bertz CT molecular complexity index is 435. The molecular formula is C15H23N3O2. The predicted octanol–water partition coefficient (Wildman–Crippen LogP) is 0.254. The summed E-state index contributed by atoms with van der Waals surface area (Å²) in [6.07, 6.45) is 5.97. The highest BCUT2D eigenvalue weighted by atomic mass is 16.2. The van der Waals surface area contributed by atoms with E-state index in [4.69, 9.17) is 0 Å². The highest BCUT2D eigenvalue weighted by molar-refractivity contribution is 5.89. The molecule has 3 saturated heterocycles. The van der Waals surface area contributed by atoms with E-state index in [0.29, 0.717) is 24.3 Å². The molecule has 4 fully saturated rings. The maximum atomic E-state index is 12.6. The number of amides is 2. The number of fused-ring (bicyclic) bond motifs is 4. The van der Waals surface area contributed by atoms with Crippen molar-refractivity contribution in [1.29, 1.82) is 0 Å². The summed E-state index contributed by atoms with van der Waals surface area (Å²) in [7, 11) is 0. The number of hydrogen-bond donors (Lipinski definition) is 2. The molecule has 1 saturated carbocycles. The molecule has 20 heavy (non-hydrogen) atoms. The lowest BCUT2D eigenvalue weighted by molar-refractivity contribution is -0.157. The van der Waals surface area contributed by atoms with Crippen LogP contribution in [-0.2, 0) is 9.59 Å². The number of piperidine rings is 3. The summed E-state index contributed by atoms with van der Waals surface area (Å²) >= 11 is 0. The standard InChI is InChI=1S/C15H23N3O2/c19-13-3-1-2-12-9-6-10(8-16-7-9)14(18(12)13)15(20)17-11-4-5-11/h9-12,14,16H,1-8H2,(H,17,20)/t9-,10+,12+,14-/m1/s1. The van der Waals surface area contributed by atoms with Crippen LogP contribution in [0.25, 0.3) is 0 Å². The Balaban J connectivity index is 1.62. The average molecular weight is 277 g/mol. The van der Waals surface area contributed by atoms with E-state index < -0.39 is 0 Å². The van der Waals surface area contributed by atoms with Gasteiger partial charge < -0.3 is 15.5 Å². The van der Waals surface area contributed by atoms with Crippen LogP contribution in [0.5, 0.6) is 0 Å². The van der Waals surface area contributed by atoms with Gasteiger partial charge in [-0.25, -0.2) is 0 Å².